The second-order valence-electron chi connectivity index (χ2n) is 5.30. The van der Waals surface area contributed by atoms with Gasteiger partial charge in [0.1, 0.15) is 4.99 Å². The lowest BCUT2D eigenvalue weighted by Crippen LogP contribution is -2.41. The Morgan fingerprint density at radius 1 is 1.32 bits per heavy atom. The summed E-state index contributed by atoms with van der Waals surface area (Å²) in [5, 5.41) is 11.8. The topological polar surface area (TPSA) is 73.1 Å². The lowest BCUT2D eigenvalue weighted by molar-refractivity contribution is 0.0657. The zero-order valence-electron chi connectivity index (χ0n) is 11.6. The molecule has 2 rings (SSSR count). The van der Waals surface area contributed by atoms with Gasteiger partial charge in [0.05, 0.1) is 11.3 Å². The van der Waals surface area contributed by atoms with E-state index in [1.165, 1.54) is 0 Å². The number of anilines is 1. The van der Waals surface area contributed by atoms with E-state index in [0.29, 0.717) is 10.8 Å². The van der Waals surface area contributed by atoms with E-state index in [1.54, 1.807) is 0 Å². The van der Waals surface area contributed by atoms with E-state index in [0.717, 1.165) is 42.9 Å². The molecule has 19 heavy (non-hydrogen) atoms. The summed E-state index contributed by atoms with van der Waals surface area (Å²) in [6.07, 6.45) is 1.86. The van der Waals surface area contributed by atoms with Crippen molar-refractivity contribution in [3.63, 3.8) is 0 Å². The van der Waals surface area contributed by atoms with Gasteiger partial charge in [-0.15, -0.1) is 5.10 Å². The number of nitrogens with one attached hydrogen (secondary N) is 1. The first kappa shape index (κ1) is 14.1. The molecule has 1 saturated heterocycles. The van der Waals surface area contributed by atoms with Crippen LogP contribution < -0.4 is 11.1 Å². The second kappa shape index (κ2) is 5.38. The van der Waals surface area contributed by atoms with Crippen LogP contribution in [0.15, 0.2) is 0 Å². The average Bonchev–Trinajstić information content (AvgIpc) is 2.34. The Kier molecular flexibility index (Phi) is 4.01. The third kappa shape index (κ3) is 3.01. The van der Waals surface area contributed by atoms with Gasteiger partial charge in [0.15, 0.2) is 5.82 Å². The van der Waals surface area contributed by atoms with Crippen LogP contribution in [0.3, 0.4) is 0 Å². The van der Waals surface area contributed by atoms with Crippen molar-refractivity contribution < 1.29 is 4.74 Å². The summed E-state index contributed by atoms with van der Waals surface area (Å²) in [7, 11) is 0. The summed E-state index contributed by atoms with van der Waals surface area (Å²) in [5.41, 5.74) is 8.42. The molecule has 0 spiro atoms. The molecule has 1 aliphatic rings. The average molecular weight is 280 g/mol. The molecule has 5 nitrogen and oxygen atoms in total. The Labute approximate surface area is 118 Å². The molecule has 0 aromatic carbocycles. The fourth-order valence-corrected chi connectivity index (χ4v) is 2.48. The number of aryl methyl sites for hydroxylation is 1. The van der Waals surface area contributed by atoms with Gasteiger partial charge in [-0.1, -0.05) is 12.2 Å². The molecular formula is C13H20N4OS. The number of rotatable bonds is 3. The number of aromatic nitrogens is 2. The molecule has 1 aromatic rings. The van der Waals surface area contributed by atoms with Gasteiger partial charge < -0.3 is 15.8 Å². The van der Waals surface area contributed by atoms with Crippen molar-refractivity contribution in [3.8, 4) is 0 Å². The lowest BCUT2D eigenvalue weighted by atomic mass is 9.92. The van der Waals surface area contributed by atoms with Gasteiger partial charge in [0, 0.05) is 18.8 Å². The van der Waals surface area contributed by atoms with Crippen molar-refractivity contribution in [2.45, 2.75) is 39.2 Å². The van der Waals surface area contributed by atoms with E-state index < -0.39 is 0 Å². The van der Waals surface area contributed by atoms with Crippen LogP contribution in [0, 0.1) is 13.8 Å². The number of thiocarbonyl (C=S) groups is 1. The molecule has 0 saturated carbocycles. The highest BCUT2D eigenvalue weighted by Gasteiger charge is 2.29. The molecule has 2 heterocycles. The number of hydrogen-bond acceptors (Lipinski definition) is 5. The number of ether oxygens (including phenoxy) is 1. The summed E-state index contributed by atoms with van der Waals surface area (Å²) in [5.74, 6) is 0.681. The largest absolute Gasteiger partial charge is 0.389 e. The van der Waals surface area contributed by atoms with Crippen molar-refractivity contribution >= 4 is 23.0 Å². The van der Waals surface area contributed by atoms with Crippen molar-refractivity contribution in [2.24, 2.45) is 5.73 Å². The van der Waals surface area contributed by atoms with Crippen LogP contribution >= 0.6 is 12.2 Å². The molecular weight excluding hydrogens is 260 g/mol. The SMILES string of the molecule is Cc1nnc(NC2(C)CCOCC2)c(C(N)=S)c1C. The van der Waals surface area contributed by atoms with Crippen LogP contribution in [-0.4, -0.2) is 33.9 Å². The van der Waals surface area contributed by atoms with Crippen LogP contribution in [0.25, 0.3) is 0 Å². The van der Waals surface area contributed by atoms with Crippen molar-refractivity contribution in [2.75, 3.05) is 18.5 Å². The van der Waals surface area contributed by atoms with E-state index >= 15 is 0 Å². The maximum absolute atomic E-state index is 5.83. The predicted octanol–water partition coefficient (Wildman–Crippen LogP) is 1.71. The first-order valence-corrected chi connectivity index (χ1v) is 6.83. The molecule has 0 amide bonds. The molecule has 104 valence electrons. The maximum atomic E-state index is 5.83. The van der Waals surface area contributed by atoms with Gasteiger partial charge in [-0.3, -0.25) is 0 Å². The first-order chi connectivity index (χ1) is 8.93. The fraction of sp³-hybridized carbons (Fsp3) is 0.615. The van der Waals surface area contributed by atoms with Crippen molar-refractivity contribution in [1.29, 1.82) is 0 Å². The second-order valence-corrected chi connectivity index (χ2v) is 5.74. The molecule has 0 aliphatic carbocycles. The monoisotopic (exact) mass is 280 g/mol. The first-order valence-electron chi connectivity index (χ1n) is 6.42. The van der Waals surface area contributed by atoms with Gasteiger partial charge in [0.25, 0.3) is 0 Å². The third-order valence-electron chi connectivity index (χ3n) is 3.72. The molecule has 6 heteroatoms. The highest BCUT2D eigenvalue weighted by molar-refractivity contribution is 7.80. The third-order valence-corrected chi connectivity index (χ3v) is 3.92. The highest BCUT2D eigenvalue weighted by atomic mass is 32.1. The van der Waals surface area contributed by atoms with Gasteiger partial charge in [0.2, 0.25) is 0 Å². The van der Waals surface area contributed by atoms with E-state index in [-0.39, 0.29) is 5.54 Å². The quantitative estimate of drug-likeness (QED) is 0.821. The van der Waals surface area contributed by atoms with Gasteiger partial charge in [-0.25, -0.2) is 0 Å². The minimum absolute atomic E-state index is 0.0475. The van der Waals surface area contributed by atoms with Crippen LogP contribution in [0.2, 0.25) is 0 Å². The maximum Gasteiger partial charge on any atom is 0.159 e. The molecule has 1 aliphatic heterocycles. The summed E-state index contributed by atoms with van der Waals surface area (Å²) in [6.45, 7) is 7.55. The Hall–Kier alpha value is -1.27. The van der Waals surface area contributed by atoms with Crippen LogP contribution in [0.4, 0.5) is 5.82 Å². The fourth-order valence-electron chi connectivity index (χ4n) is 2.23. The minimum Gasteiger partial charge on any atom is -0.389 e. The van der Waals surface area contributed by atoms with Gasteiger partial charge in [-0.05, 0) is 39.2 Å². The Bertz CT molecular complexity index is 498. The molecule has 0 unspecified atom stereocenters. The molecule has 0 radical (unpaired) electrons. The van der Waals surface area contributed by atoms with Gasteiger partial charge in [-0.2, -0.15) is 5.10 Å². The zero-order chi connectivity index (χ0) is 14.0. The van der Waals surface area contributed by atoms with E-state index in [9.17, 15) is 0 Å². The van der Waals surface area contributed by atoms with Gasteiger partial charge >= 0.3 is 0 Å². The normalized spacial score (nSPS) is 18.1. The predicted molar refractivity (Wildman–Crippen MR) is 79.5 cm³/mol. The molecule has 1 fully saturated rings. The standard InChI is InChI=1S/C13H20N4OS/c1-8-9(2)16-17-12(10(8)11(14)19)15-13(3)4-6-18-7-5-13/h4-7H2,1-3H3,(H2,14,19)(H,15,17). The van der Waals surface area contributed by atoms with E-state index in [4.69, 9.17) is 22.7 Å². The summed E-state index contributed by atoms with van der Waals surface area (Å²) >= 11 is 5.15. The highest BCUT2D eigenvalue weighted by Crippen LogP contribution is 2.27. The smallest absolute Gasteiger partial charge is 0.159 e. The molecule has 0 atom stereocenters. The number of nitrogens with two attached hydrogens (primary N) is 1. The number of hydrogen-bond donors (Lipinski definition) is 2. The Morgan fingerprint density at radius 2 is 1.95 bits per heavy atom. The summed E-state index contributed by atoms with van der Waals surface area (Å²) in [4.78, 5) is 0.355. The zero-order valence-corrected chi connectivity index (χ0v) is 12.4. The van der Waals surface area contributed by atoms with Crippen LogP contribution in [0.5, 0.6) is 0 Å². The Balaban J connectivity index is 2.34. The summed E-state index contributed by atoms with van der Waals surface area (Å²) in [6, 6.07) is 0. The molecule has 3 N–H and O–H groups in total. The van der Waals surface area contributed by atoms with E-state index in [1.807, 2.05) is 13.8 Å². The van der Waals surface area contributed by atoms with Crippen LogP contribution in [-0.2, 0) is 4.74 Å². The van der Waals surface area contributed by atoms with Crippen molar-refractivity contribution in [1.82, 2.24) is 10.2 Å². The van der Waals surface area contributed by atoms with Crippen LogP contribution in [0.1, 0.15) is 36.6 Å². The lowest BCUT2D eigenvalue weighted by Gasteiger charge is -2.35. The summed E-state index contributed by atoms with van der Waals surface area (Å²) < 4.78 is 5.40. The molecule has 1 aromatic heterocycles. The molecule has 0 bridgehead atoms. The Morgan fingerprint density at radius 3 is 2.53 bits per heavy atom. The minimum atomic E-state index is -0.0475. The number of nitrogens with zero attached hydrogens (tertiary/aromatic N) is 2. The van der Waals surface area contributed by atoms with E-state index in [2.05, 4.69) is 22.4 Å². The van der Waals surface area contributed by atoms with Crippen molar-refractivity contribution in [3.05, 3.63) is 16.8 Å².